The lowest BCUT2D eigenvalue weighted by Gasteiger charge is -2.37. The predicted molar refractivity (Wildman–Crippen MR) is 113 cm³/mol. The zero-order valence-corrected chi connectivity index (χ0v) is 17.2. The van der Waals surface area contributed by atoms with Crippen molar-refractivity contribution in [2.45, 2.75) is 45.6 Å². The number of para-hydroxylation sites is 1. The van der Waals surface area contributed by atoms with Crippen LogP contribution in [0, 0.1) is 5.41 Å². The fourth-order valence-corrected chi connectivity index (χ4v) is 3.89. The SMILES string of the molecule is CC[C@@H](C)NC(=O)C1(Cc2ccccc2-c2ccccc2OC)CCOCC1. The number of nitrogens with one attached hydrogen (secondary N) is 1. The molecule has 3 rings (SSSR count). The lowest BCUT2D eigenvalue weighted by Crippen LogP contribution is -2.48. The molecule has 0 bridgehead atoms. The maximum atomic E-state index is 13.3. The second kappa shape index (κ2) is 9.24. The second-order valence-electron chi connectivity index (χ2n) is 7.71. The normalized spacial score (nSPS) is 17.0. The van der Waals surface area contributed by atoms with Gasteiger partial charge in [0.05, 0.1) is 12.5 Å². The average Bonchev–Trinajstić information content (AvgIpc) is 2.74. The first-order valence-electron chi connectivity index (χ1n) is 10.2. The number of ether oxygens (including phenoxy) is 2. The summed E-state index contributed by atoms with van der Waals surface area (Å²) in [6.45, 7) is 5.42. The summed E-state index contributed by atoms with van der Waals surface area (Å²) in [7, 11) is 1.70. The molecule has 1 aliphatic heterocycles. The highest BCUT2D eigenvalue weighted by Crippen LogP contribution is 2.39. The first-order chi connectivity index (χ1) is 13.6. The van der Waals surface area contributed by atoms with Gasteiger partial charge in [-0.15, -0.1) is 0 Å². The van der Waals surface area contributed by atoms with Gasteiger partial charge in [0.2, 0.25) is 5.91 Å². The molecule has 0 radical (unpaired) electrons. The highest BCUT2D eigenvalue weighted by Gasteiger charge is 2.40. The van der Waals surface area contributed by atoms with Crippen molar-refractivity contribution >= 4 is 5.91 Å². The number of carbonyl (C=O) groups is 1. The summed E-state index contributed by atoms with van der Waals surface area (Å²) in [5.74, 6) is 1.00. The van der Waals surface area contributed by atoms with Crippen LogP contribution in [0.5, 0.6) is 5.75 Å². The molecule has 1 amide bonds. The molecule has 1 atom stereocenters. The van der Waals surface area contributed by atoms with Crippen molar-refractivity contribution in [2.75, 3.05) is 20.3 Å². The van der Waals surface area contributed by atoms with Crippen LogP contribution in [0.1, 0.15) is 38.7 Å². The first-order valence-corrected chi connectivity index (χ1v) is 10.2. The number of carbonyl (C=O) groups excluding carboxylic acids is 1. The smallest absolute Gasteiger partial charge is 0.226 e. The third kappa shape index (κ3) is 4.39. The quantitative estimate of drug-likeness (QED) is 0.761. The fourth-order valence-electron chi connectivity index (χ4n) is 3.89. The molecular weight excluding hydrogens is 350 g/mol. The zero-order chi connectivity index (χ0) is 20.0. The van der Waals surface area contributed by atoms with E-state index in [-0.39, 0.29) is 11.9 Å². The molecule has 28 heavy (non-hydrogen) atoms. The third-order valence-corrected chi connectivity index (χ3v) is 5.86. The largest absolute Gasteiger partial charge is 0.496 e. The van der Waals surface area contributed by atoms with E-state index < -0.39 is 5.41 Å². The number of rotatable bonds is 7. The minimum Gasteiger partial charge on any atom is -0.496 e. The van der Waals surface area contributed by atoms with Crippen LogP contribution in [0.3, 0.4) is 0 Å². The van der Waals surface area contributed by atoms with Gasteiger partial charge in [0, 0.05) is 24.8 Å². The minimum atomic E-state index is -0.431. The van der Waals surface area contributed by atoms with Crippen LogP contribution in [-0.4, -0.2) is 32.3 Å². The summed E-state index contributed by atoms with van der Waals surface area (Å²) in [6, 6.07) is 16.6. The van der Waals surface area contributed by atoms with Crippen LogP contribution in [0.25, 0.3) is 11.1 Å². The first kappa shape index (κ1) is 20.4. The Morgan fingerprint density at radius 3 is 2.43 bits per heavy atom. The number of benzene rings is 2. The molecule has 0 aliphatic carbocycles. The molecule has 1 saturated heterocycles. The van der Waals surface area contributed by atoms with Crippen LogP contribution in [0.4, 0.5) is 0 Å². The summed E-state index contributed by atoms with van der Waals surface area (Å²) >= 11 is 0. The molecule has 0 aromatic heterocycles. The van der Waals surface area contributed by atoms with Gasteiger partial charge in [0.15, 0.2) is 0 Å². The van der Waals surface area contributed by atoms with Gasteiger partial charge in [-0.2, -0.15) is 0 Å². The monoisotopic (exact) mass is 381 g/mol. The molecule has 2 aromatic rings. The molecule has 150 valence electrons. The summed E-state index contributed by atoms with van der Waals surface area (Å²) in [4.78, 5) is 13.3. The van der Waals surface area contributed by atoms with E-state index in [1.807, 2.05) is 30.3 Å². The van der Waals surface area contributed by atoms with Crippen molar-refractivity contribution in [1.29, 1.82) is 0 Å². The number of amides is 1. The van der Waals surface area contributed by atoms with E-state index in [9.17, 15) is 4.79 Å². The molecule has 4 nitrogen and oxygen atoms in total. The number of methoxy groups -OCH3 is 1. The molecule has 4 heteroatoms. The van der Waals surface area contributed by atoms with Gasteiger partial charge in [0.1, 0.15) is 5.75 Å². The van der Waals surface area contributed by atoms with E-state index in [2.05, 4.69) is 37.4 Å². The summed E-state index contributed by atoms with van der Waals surface area (Å²) in [5, 5.41) is 3.22. The Balaban J connectivity index is 1.97. The minimum absolute atomic E-state index is 0.153. The maximum Gasteiger partial charge on any atom is 0.226 e. The van der Waals surface area contributed by atoms with Gasteiger partial charge in [-0.05, 0) is 49.8 Å². The molecule has 0 spiro atoms. The van der Waals surface area contributed by atoms with Crippen LogP contribution >= 0.6 is 0 Å². The van der Waals surface area contributed by atoms with Gasteiger partial charge in [0.25, 0.3) is 0 Å². The number of hydrogen-bond donors (Lipinski definition) is 1. The molecule has 1 heterocycles. The van der Waals surface area contributed by atoms with Crippen LogP contribution < -0.4 is 10.1 Å². The second-order valence-corrected chi connectivity index (χ2v) is 7.71. The molecule has 1 N–H and O–H groups in total. The Hall–Kier alpha value is -2.33. The predicted octanol–water partition coefficient (Wildman–Crippen LogP) is 4.62. The summed E-state index contributed by atoms with van der Waals surface area (Å²) in [5.41, 5.74) is 2.93. The van der Waals surface area contributed by atoms with Crippen molar-refractivity contribution in [3.05, 3.63) is 54.1 Å². The number of hydrogen-bond acceptors (Lipinski definition) is 3. The lowest BCUT2D eigenvalue weighted by molar-refractivity contribution is -0.137. The highest BCUT2D eigenvalue weighted by atomic mass is 16.5. The lowest BCUT2D eigenvalue weighted by atomic mass is 9.73. The van der Waals surface area contributed by atoms with Crippen LogP contribution in [0.15, 0.2) is 48.5 Å². The Bertz CT molecular complexity index is 796. The van der Waals surface area contributed by atoms with Crippen LogP contribution in [-0.2, 0) is 16.0 Å². The van der Waals surface area contributed by atoms with E-state index in [0.717, 1.165) is 36.1 Å². The summed E-state index contributed by atoms with van der Waals surface area (Å²) in [6.07, 6.45) is 3.12. The van der Waals surface area contributed by atoms with Crippen molar-refractivity contribution in [1.82, 2.24) is 5.32 Å². The molecule has 1 aliphatic rings. The van der Waals surface area contributed by atoms with E-state index in [4.69, 9.17) is 9.47 Å². The van der Waals surface area contributed by atoms with Gasteiger partial charge < -0.3 is 14.8 Å². The molecule has 2 aromatic carbocycles. The van der Waals surface area contributed by atoms with Crippen molar-refractivity contribution < 1.29 is 14.3 Å². The van der Waals surface area contributed by atoms with E-state index in [1.54, 1.807) is 7.11 Å². The Kier molecular flexibility index (Phi) is 6.74. The van der Waals surface area contributed by atoms with Gasteiger partial charge in [-0.3, -0.25) is 4.79 Å². The molecule has 0 saturated carbocycles. The van der Waals surface area contributed by atoms with Crippen LogP contribution in [0.2, 0.25) is 0 Å². The maximum absolute atomic E-state index is 13.3. The Morgan fingerprint density at radius 1 is 1.11 bits per heavy atom. The van der Waals surface area contributed by atoms with Crippen molar-refractivity contribution in [3.63, 3.8) is 0 Å². The van der Waals surface area contributed by atoms with E-state index >= 15 is 0 Å². The average molecular weight is 382 g/mol. The Labute approximate surface area is 168 Å². The fraction of sp³-hybridized carbons (Fsp3) is 0.458. The van der Waals surface area contributed by atoms with E-state index in [1.165, 1.54) is 5.56 Å². The zero-order valence-electron chi connectivity index (χ0n) is 17.2. The highest BCUT2D eigenvalue weighted by molar-refractivity contribution is 5.84. The molecule has 0 unspecified atom stereocenters. The molecular formula is C24H31NO3. The van der Waals surface area contributed by atoms with Gasteiger partial charge >= 0.3 is 0 Å². The summed E-state index contributed by atoms with van der Waals surface area (Å²) < 4.78 is 11.2. The van der Waals surface area contributed by atoms with Crippen molar-refractivity contribution in [3.8, 4) is 16.9 Å². The molecule has 1 fully saturated rings. The standard InChI is InChI=1S/C24H31NO3/c1-4-18(2)25-23(26)24(13-15-28-16-14-24)17-19-9-5-6-10-20(19)21-11-7-8-12-22(21)27-3/h5-12,18H,4,13-17H2,1-3H3,(H,25,26)/t18-/m1/s1. The van der Waals surface area contributed by atoms with E-state index in [0.29, 0.717) is 19.6 Å². The van der Waals surface area contributed by atoms with Gasteiger partial charge in [-0.1, -0.05) is 49.4 Å². The Morgan fingerprint density at radius 2 is 1.75 bits per heavy atom. The van der Waals surface area contributed by atoms with Gasteiger partial charge in [-0.25, -0.2) is 0 Å². The topological polar surface area (TPSA) is 47.6 Å². The third-order valence-electron chi connectivity index (χ3n) is 5.86. The van der Waals surface area contributed by atoms with Crippen molar-refractivity contribution in [2.24, 2.45) is 5.41 Å².